The predicted octanol–water partition coefficient (Wildman–Crippen LogP) is 2.03. The van der Waals surface area contributed by atoms with Crippen molar-refractivity contribution in [1.82, 2.24) is 10.6 Å². The molecule has 2 amide bonds. The summed E-state index contributed by atoms with van der Waals surface area (Å²) in [4.78, 5) is 24.3. The molecule has 0 heterocycles. The second kappa shape index (κ2) is 9.15. The summed E-state index contributed by atoms with van der Waals surface area (Å²) in [6, 6.07) is 12.8. The van der Waals surface area contributed by atoms with Gasteiger partial charge in [0.25, 0.3) is 5.91 Å². The third-order valence-corrected chi connectivity index (χ3v) is 4.53. The van der Waals surface area contributed by atoms with Gasteiger partial charge in [-0.05, 0) is 61.6 Å². The van der Waals surface area contributed by atoms with E-state index in [-0.39, 0.29) is 11.8 Å². The van der Waals surface area contributed by atoms with E-state index in [2.05, 4.69) is 10.6 Å². The van der Waals surface area contributed by atoms with Gasteiger partial charge in [0.15, 0.2) is 0 Å². The molecule has 1 atom stereocenters. The van der Waals surface area contributed by atoms with Crippen LogP contribution in [0, 0.1) is 20.8 Å². The average molecular weight is 353 g/mol. The van der Waals surface area contributed by atoms with Crippen LogP contribution in [0.1, 0.15) is 32.6 Å². The number of nitrogens with one attached hydrogen (secondary N) is 2. The Hall–Kier alpha value is -2.66. The van der Waals surface area contributed by atoms with E-state index in [0.717, 1.165) is 16.7 Å². The molecule has 5 nitrogen and oxygen atoms in total. The van der Waals surface area contributed by atoms with Gasteiger partial charge in [0.05, 0.1) is 6.04 Å². The zero-order valence-electron chi connectivity index (χ0n) is 15.6. The Morgan fingerprint density at radius 2 is 1.54 bits per heavy atom. The van der Waals surface area contributed by atoms with Crippen molar-refractivity contribution < 1.29 is 9.59 Å². The quantitative estimate of drug-likeness (QED) is 0.666. The molecule has 0 saturated carbocycles. The van der Waals surface area contributed by atoms with Gasteiger partial charge in [-0.25, -0.2) is 0 Å². The Morgan fingerprint density at radius 1 is 0.962 bits per heavy atom. The van der Waals surface area contributed by atoms with E-state index in [1.807, 2.05) is 63.2 Å². The van der Waals surface area contributed by atoms with Crippen molar-refractivity contribution in [3.63, 3.8) is 0 Å². The molecule has 2 aromatic carbocycles. The topological polar surface area (TPSA) is 84.2 Å². The molecular formula is C21H27N3O2. The number of carbonyl (C=O) groups is 2. The molecule has 0 spiro atoms. The molecule has 138 valence electrons. The molecular weight excluding hydrogens is 326 g/mol. The van der Waals surface area contributed by atoms with Crippen molar-refractivity contribution in [1.29, 1.82) is 0 Å². The molecule has 0 aromatic heterocycles. The summed E-state index contributed by atoms with van der Waals surface area (Å²) in [5.41, 5.74) is 11.0. The van der Waals surface area contributed by atoms with Gasteiger partial charge in [0.2, 0.25) is 5.91 Å². The number of amides is 2. The first-order chi connectivity index (χ1) is 12.4. The first-order valence-corrected chi connectivity index (χ1v) is 8.81. The van der Waals surface area contributed by atoms with Crippen molar-refractivity contribution in [2.45, 2.75) is 33.2 Å². The number of carbonyl (C=O) groups excluding carboxylic acids is 2. The molecule has 0 aliphatic heterocycles. The molecule has 0 unspecified atom stereocenters. The molecule has 26 heavy (non-hydrogen) atoms. The number of nitrogens with two attached hydrogens (primary N) is 1. The summed E-state index contributed by atoms with van der Waals surface area (Å²) in [6.45, 7) is 6.73. The lowest BCUT2D eigenvalue weighted by Gasteiger charge is -2.13. The van der Waals surface area contributed by atoms with Gasteiger partial charge >= 0.3 is 0 Å². The smallest absolute Gasteiger partial charge is 0.251 e. The zero-order chi connectivity index (χ0) is 19.1. The highest BCUT2D eigenvalue weighted by Gasteiger charge is 2.14. The molecule has 5 heteroatoms. The molecule has 0 radical (unpaired) electrons. The van der Waals surface area contributed by atoms with Crippen LogP contribution in [0.2, 0.25) is 0 Å². The monoisotopic (exact) mass is 353 g/mol. The van der Waals surface area contributed by atoms with Gasteiger partial charge in [-0.15, -0.1) is 0 Å². The average Bonchev–Trinajstić information content (AvgIpc) is 2.63. The Bertz CT molecular complexity index is 749. The SMILES string of the molecule is Cc1cc(C(=O)NCCNC(=O)[C@@H](N)Cc2ccccc2)cc(C)c1C. The zero-order valence-corrected chi connectivity index (χ0v) is 15.6. The number of rotatable bonds is 7. The Balaban J connectivity index is 1.75. The van der Waals surface area contributed by atoms with Crippen molar-refractivity contribution in [2.24, 2.45) is 5.73 Å². The Kier molecular flexibility index (Phi) is 6.92. The van der Waals surface area contributed by atoms with Gasteiger partial charge in [-0.1, -0.05) is 30.3 Å². The molecule has 4 N–H and O–H groups in total. The minimum atomic E-state index is -0.601. The first-order valence-electron chi connectivity index (χ1n) is 8.81. The van der Waals surface area contributed by atoms with Crippen LogP contribution in [0.15, 0.2) is 42.5 Å². The van der Waals surface area contributed by atoms with Gasteiger partial charge in [-0.2, -0.15) is 0 Å². The van der Waals surface area contributed by atoms with Gasteiger partial charge in [-0.3, -0.25) is 9.59 Å². The lowest BCUT2D eigenvalue weighted by molar-refractivity contribution is -0.122. The molecule has 0 bridgehead atoms. The molecule has 0 aliphatic rings. The maximum absolute atomic E-state index is 12.2. The first kappa shape index (κ1) is 19.7. The van der Waals surface area contributed by atoms with Crippen LogP contribution in [0.25, 0.3) is 0 Å². The lowest BCUT2D eigenvalue weighted by Crippen LogP contribution is -2.44. The van der Waals surface area contributed by atoms with Crippen LogP contribution in [0.3, 0.4) is 0 Å². The van der Waals surface area contributed by atoms with Crippen molar-refractivity contribution in [3.8, 4) is 0 Å². The largest absolute Gasteiger partial charge is 0.353 e. The molecule has 2 rings (SSSR count). The Labute approximate surface area is 155 Å². The van der Waals surface area contributed by atoms with Crippen LogP contribution < -0.4 is 16.4 Å². The second-order valence-corrected chi connectivity index (χ2v) is 6.58. The Morgan fingerprint density at radius 3 is 2.15 bits per heavy atom. The summed E-state index contributed by atoms with van der Waals surface area (Å²) >= 11 is 0. The minimum absolute atomic E-state index is 0.140. The minimum Gasteiger partial charge on any atom is -0.353 e. The third kappa shape index (κ3) is 5.43. The van der Waals surface area contributed by atoms with Crippen LogP contribution >= 0.6 is 0 Å². The maximum Gasteiger partial charge on any atom is 0.251 e. The fourth-order valence-corrected chi connectivity index (χ4v) is 2.72. The van der Waals surface area contributed by atoms with E-state index in [9.17, 15) is 9.59 Å². The highest BCUT2D eigenvalue weighted by Crippen LogP contribution is 2.15. The van der Waals surface area contributed by atoms with Crippen LogP contribution in [0.4, 0.5) is 0 Å². The van der Waals surface area contributed by atoms with Crippen molar-refractivity contribution in [2.75, 3.05) is 13.1 Å². The summed E-state index contributed by atoms with van der Waals surface area (Å²) in [5.74, 6) is -0.357. The van der Waals surface area contributed by atoms with Crippen molar-refractivity contribution >= 4 is 11.8 Å². The number of hydrogen-bond acceptors (Lipinski definition) is 3. The van der Waals surface area contributed by atoms with Gasteiger partial charge < -0.3 is 16.4 Å². The number of aryl methyl sites for hydroxylation is 2. The van der Waals surface area contributed by atoms with Crippen LogP contribution in [-0.2, 0) is 11.2 Å². The number of benzene rings is 2. The highest BCUT2D eigenvalue weighted by atomic mass is 16.2. The predicted molar refractivity (Wildman–Crippen MR) is 104 cm³/mol. The fraction of sp³-hybridized carbons (Fsp3) is 0.333. The maximum atomic E-state index is 12.2. The van der Waals surface area contributed by atoms with Crippen LogP contribution in [-0.4, -0.2) is 30.9 Å². The van der Waals surface area contributed by atoms with Crippen LogP contribution in [0.5, 0.6) is 0 Å². The lowest BCUT2D eigenvalue weighted by atomic mass is 10.0. The fourth-order valence-electron chi connectivity index (χ4n) is 2.72. The molecule has 0 fully saturated rings. The van der Waals surface area contributed by atoms with E-state index in [1.165, 1.54) is 5.56 Å². The van der Waals surface area contributed by atoms with E-state index in [0.29, 0.717) is 25.1 Å². The standard InChI is InChI=1S/C21H27N3O2/c1-14-11-18(12-15(2)16(14)3)20(25)23-9-10-24-21(26)19(22)13-17-7-5-4-6-8-17/h4-8,11-12,19H,9-10,13,22H2,1-3H3,(H,23,25)(H,24,26)/t19-/m0/s1. The molecule has 0 aliphatic carbocycles. The molecule has 2 aromatic rings. The summed E-state index contributed by atoms with van der Waals surface area (Å²) < 4.78 is 0. The summed E-state index contributed by atoms with van der Waals surface area (Å²) in [5, 5.41) is 5.59. The van der Waals surface area contributed by atoms with Gasteiger partial charge in [0, 0.05) is 18.7 Å². The number of hydrogen-bond donors (Lipinski definition) is 3. The summed E-state index contributed by atoms with van der Waals surface area (Å²) in [7, 11) is 0. The van der Waals surface area contributed by atoms with E-state index in [1.54, 1.807) is 0 Å². The van der Waals surface area contributed by atoms with E-state index in [4.69, 9.17) is 5.73 Å². The van der Waals surface area contributed by atoms with E-state index >= 15 is 0 Å². The molecule has 0 saturated heterocycles. The highest BCUT2D eigenvalue weighted by molar-refractivity contribution is 5.94. The summed E-state index contributed by atoms with van der Waals surface area (Å²) in [6.07, 6.45) is 0.487. The van der Waals surface area contributed by atoms with Gasteiger partial charge in [0.1, 0.15) is 0 Å². The van der Waals surface area contributed by atoms with Crippen molar-refractivity contribution in [3.05, 3.63) is 70.3 Å². The normalized spacial score (nSPS) is 11.7. The second-order valence-electron chi connectivity index (χ2n) is 6.58. The van der Waals surface area contributed by atoms with E-state index < -0.39 is 6.04 Å². The third-order valence-electron chi connectivity index (χ3n) is 4.53.